The normalized spacial score (nSPS) is 29.9. The van der Waals surface area contributed by atoms with E-state index in [2.05, 4.69) is 19.1 Å². The maximum Gasteiger partial charge on any atom is 0.132 e. The fourth-order valence-corrected chi connectivity index (χ4v) is 2.96. The number of ketones is 1. The van der Waals surface area contributed by atoms with Crippen LogP contribution in [0.4, 0.5) is 0 Å². The summed E-state index contributed by atoms with van der Waals surface area (Å²) in [6.07, 6.45) is 12.5. The minimum atomic E-state index is 0.267. The Hall–Kier alpha value is -0.590. The Morgan fingerprint density at radius 3 is 2.73 bits per heavy atom. The van der Waals surface area contributed by atoms with Gasteiger partial charge in [0.2, 0.25) is 0 Å². The molecule has 0 aromatic carbocycles. The van der Waals surface area contributed by atoms with E-state index in [0.29, 0.717) is 11.2 Å². The van der Waals surface area contributed by atoms with Crippen LogP contribution in [-0.4, -0.2) is 5.78 Å². The van der Waals surface area contributed by atoms with E-state index in [1.54, 1.807) is 6.92 Å². The van der Waals surface area contributed by atoms with E-state index in [-0.39, 0.29) is 5.92 Å². The zero-order valence-corrected chi connectivity index (χ0v) is 9.96. The van der Waals surface area contributed by atoms with Crippen molar-refractivity contribution < 1.29 is 4.79 Å². The van der Waals surface area contributed by atoms with Gasteiger partial charge in [-0.1, -0.05) is 19.1 Å². The minimum absolute atomic E-state index is 0.267. The number of hydrogen-bond acceptors (Lipinski definition) is 1. The predicted molar refractivity (Wildman–Crippen MR) is 62.6 cm³/mol. The summed E-state index contributed by atoms with van der Waals surface area (Å²) in [5.74, 6) is 1.40. The summed E-state index contributed by atoms with van der Waals surface area (Å²) in [4.78, 5) is 11.3. The van der Waals surface area contributed by atoms with Crippen LogP contribution >= 0.6 is 0 Å². The van der Waals surface area contributed by atoms with Gasteiger partial charge in [-0.2, -0.15) is 0 Å². The van der Waals surface area contributed by atoms with Crippen LogP contribution in [0.25, 0.3) is 0 Å². The fourth-order valence-electron chi connectivity index (χ4n) is 2.96. The van der Waals surface area contributed by atoms with Crippen LogP contribution in [0.2, 0.25) is 0 Å². The van der Waals surface area contributed by atoms with Crippen molar-refractivity contribution in [3.8, 4) is 0 Å². The van der Waals surface area contributed by atoms with Gasteiger partial charge in [-0.25, -0.2) is 0 Å². The predicted octanol–water partition coefficient (Wildman–Crippen LogP) is 3.74. The number of carbonyl (C=O) groups is 1. The van der Waals surface area contributed by atoms with Crippen molar-refractivity contribution in [2.75, 3.05) is 0 Å². The molecule has 2 rings (SSSR count). The van der Waals surface area contributed by atoms with Crippen molar-refractivity contribution in [1.82, 2.24) is 0 Å². The highest BCUT2D eigenvalue weighted by atomic mass is 16.1. The highest BCUT2D eigenvalue weighted by Gasteiger charge is 2.48. The summed E-state index contributed by atoms with van der Waals surface area (Å²) >= 11 is 0. The van der Waals surface area contributed by atoms with Gasteiger partial charge in [0.25, 0.3) is 0 Å². The smallest absolute Gasteiger partial charge is 0.132 e. The van der Waals surface area contributed by atoms with Crippen LogP contribution in [0.1, 0.15) is 52.4 Å². The van der Waals surface area contributed by atoms with Crippen LogP contribution in [-0.2, 0) is 4.79 Å². The third kappa shape index (κ3) is 2.32. The van der Waals surface area contributed by atoms with Crippen molar-refractivity contribution in [3.63, 3.8) is 0 Å². The molecule has 0 spiro atoms. The maximum absolute atomic E-state index is 11.3. The second-order valence-corrected chi connectivity index (χ2v) is 5.54. The first kappa shape index (κ1) is 10.9. The molecule has 0 saturated heterocycles. The summed E-state index contributed by atoms with van der Waals surface area (Å²) < 4.78 is 0. The summed E-state index contributed by atoms with van der Waals surface area (Å²) in [5, 5.41) is 0. The average Bonchev–Trinajstić information content (AvgIpc) is 3.00. The molecule has 0 amide bonds. The molecule has 1 saturated carbocycles. The van der Waals surface area contributed by atoms with Crippen LogP contribution in [0.15, 0.2) is 12.2 Å². The van der Waals surface area contributed by atoms with E-state index in [9.17, 15) is 4.79 Å². The maximum atomic E-state index is 11.3. The van der Waals surface area contributed by atoms with Gasteiger partial charge in [-0.05, 0) is 56.8 Å². The SMILES string of the molecule is CC(=O)C(C)CC1(C2C=CCCC2)CC1. The topological polar surface area (TPSA) is 17.1 Å². The average molecular weight is 206 g/mol. The molecule has 2 atom stereocenters. The quantitative estimate of drug-likeness (QED) is 0.640. The van der Waals surface area contributed by atoms with E-state index in [0.717, 1.165) is 12.3 Å². The van der Waals surface area contributed by atoms with Gasteiger partial charge in [-0.15, -0.1) is 0 Å². The number of rotatable bonds is 4. The molecule has 15 heavy (non-hydrogen) atoms. The van der Waals surface area contributed by atoms with Gasteiger partial charge in [0, 0.05) is 5.92 Å². The van der Waals surface area contributed by atoms with Gasteiger partial charge in [0.05, 0.1) is 0 Å². The Labute approximate surface area is 92.9 Å². The Morgan fingerprint density at radius 1 is 1.53 bits per heavy atom. The third-order valence-corrected chi connectivity index (χ3v) is 4.34. The van der Waals surface area contributed by atoms with Crippen molar-refractivity contribution >= 4 is 5.78 Å². The molecule has 0 heterocycles. The summed E-state index contributed by atoms with van der Waals surface area (Å²) in [6.45, 7) is 3.83. The van der Waals surface area contributed by atoms with Crippen molar-refractivity contribution in [3.05, 3.63) is 12.2 Å². The van der Waals surface area contributed by atoms with Gasteiger partial charge in [0.1, 0.15) is 5.78 Å². The van der Waals surface area contributed by atoms with E-state index < -0.39 is 0 Å². The Morgan fingerprint density at radius 2 is 2.27 bits per heavy atom. The van der Waals surface area contributed by atoms with Crippen LogP contribution in [0.3, 0.4) is 0 Å². The van der Waals surface area contributed by atoms with E-state index >= 15 is 0 Å². The Bertz CT molecular complexity index is 273. The molecule has 0 aliphatic heterocycles. The molecule has 2 unspecified atom stereocenters. The first-order valence-corrected chi connectivity index (χ1v) is 6.31. The second-order valence-electron chi connectivity index (χ2n) is 5.54. The van der Waals surface area contributed by atoms with Gasteiger partial charge in [0.15, 0.2) is 0 Å². The molecule has 0 bridgehead atoms. The molecular formula is C14H22O. The van der Waals surface area contributed by atoms with Gasteiger partial charge >= 0.3 is 0 Å². The molecular weight excluding hydrogens is 184 g/mol. The van der Waals surface area contributed by atoms with E-state index in [1.807, 2.05) is 0 Å². The standard InChI is InChI=1S/C14H22O/c1-11(12(2)15)10-14(8-9-14)13-6-4-3-5-7-13/h4,6,11,13H,3,5,7-10H2,1-2H3. The van der Waals surface area contributed by atoms with Crippen molar-refractivity contribution in [1.29, 1.82) is 0 Å². The number of carbonyl (C=O) groups excluding carboxylic acids is 1. The molecule has 1 fully saturated rings. The fraction of sp³-hybridized carbons (Fsp3) is 0.786. The lowest BCUT2D eigenvalue weighted by molar-refractivity contribution is -0.121. The molecule has 2 aliphatic carbocycles. The highest BCUT2D eigenvalue weighted by Crippen LogP contribution is 2.58. The molecule has 0 aromatic rings. The van der Waals surface area contributed by atoms with Crippen LogP contribution < -0.4 is 0 Å². The Balaban J connectivity index is 1.97. The summed E-state index contributed by atoms with van der Waals surface area (Å²) in [7, 11) is 0. The molecule has 1 heteroatoms. The zero-order valence-electron chi connectivity index (χ0n) is 9.96. The summed E-state index contributed by atoms with van der Waals surface area (Å²) in [5.41, 5.74) is 0.516. The molecule has 1 nitrogen and oxygen atoms in total. The molecule has 0 aromatic heterocycles. The van der Waals surface area contributed by atoms with Crippen LogP contribution in [0, 0.1) is 17.3 Å². The van der Waals surface area contributed by atoms with E-state index in [1.165, 1.54) is 32.1 Å². The molecule has 2 aliphatic rings. The number of Topliss-reactive ketones (excluding diaryl/α,β-unsaturated/α-hetero) is 1. The third-order valence-electron chi connectivity index (χ3n) is 4.34. The lowest BCUT2D eigenvalue weighted by Crippen LogP contribution is -2.21. The number of hydrogen-bond donors (Lipinski definition) is 0. The second kappa shape index (κ2) is 4.11. The first-order valence-electron chi connectivity index (χ1n) is 6.31. The number of allylic oxidation sites excluding steroid dienone is 2. The zero-order chi connectivity index (χ0) is 10.9. The van der Waals surface area contributed by atoms with Crippen molar-refractivity contribution in [2.45, 2.75) is 52.4 Å². The van der Waals surface area contributed by atoms with Gasteiger partial charge < -0.3 is 0 Å². The molecule has 84 valence electrons. The molecule has 0 radical (unpaired) electrons. The highest BCUT2D eigenvalue weighted by molar-refractivity contribution is 5.77. The lowest BCUT2D eigenvalue weighted by atomic mass is 9.76. The lowest BCUT2D eigenvalue weighted by Gasteiger charge is -2.28. The van der Waals surface area contributed by atoms with Crippen LogP contribution in [0.5, 0.6) is 0 Å². The summed E-state index contributed by atoms with van der Waals surface area (Å²) in [6, 6.07) is 0. The largest absolute Gasteiger partial charge is 0.300 e. The monoisotopic (exact) mass is 206 g/mol. The minimum Gasteiger partial charge on any atom is -0.300 e. The van der Waals surface area contributed by atoms with Crippen molar-refractivity contribution in [2.24, 2.45) is 17.3 Å². The first-order chi connectivity index (χ1) is 7.14. The van der Waals surface area contributed by atoms with E-state index in [4.69, 9.17) is 0 Å². The van der Waals surface area contributed by atoms with Gasteiger partial charge in [-0.3, -0.25) is 4.79 Å². The molecule has 0 N–H and O–H groups in total. The Kier molecular flexibility index (Phi) is 2.99.